The lowest BCUT2D eigenvalue weighted by atomic mass is 10.3. The van der Waals surface area contributed by atoms with Crippen LogP contribution in [0.3, 0.4) is 0 Å². The summed E-state index contributed by atoms with van der Waals surface area (Å²) in [6.07, 6.45) is 0.909. The lowest BCUT2D eigenvalue weighted by Crippen LogP contribution is -2.23. The number of hydrogen-bond donors (Lipinski definition) is 2. The van der Waals surface area contributed by atoms with Crippen molar-refractivity contribution in [3.05, 3.63) is 46.7 Å². The van der Waals surface area contributed by atoms with E-state index in [4.69, 9.17) is 10.5 Å². The lowest BCUT2D eigenvalue weighted by molar-refractivity contribution is 0.417. The molecule has 0 radical (unpaired) electrons. The molecule has 0 aliphatic rings. The first-order chi connectivity index (χ1) is 9.29. The molecule has 0 saturated carbocycles. The van der Waals surface area contributed by atoms with Crippen molar-refractivity contribution in [2.24, 2.45) is 10.7 Å². The van der Waals surface area contributed by atoms with Gasteiger partial charge in [0.15, 0.2) is 5.96 Å². The van der Waals surface area contributed by atoms with Gasteiger partial charge in [-0.05, 0) is 23.6 Å². The standard InChI is InChI=1S/C14H17N3OS/c1-18-13-7-3-2-6-12(13)17-14(15)16-9-8-11-5-4-10-19-11/h2-7,10H,8-9H2,1H3,(H3,15,16,17). The number of anilines is 1. The zero-order chi connectivity index (χ0) is 13.5. The van der Waals surface area contributed by atoms with Crippen molar-refractivity contribution < 1.29 is 4.74 Å². The normalized spacial score (nSPS) is 11.3. The molecule has 0 fully saturated rings. The maximum atomic E-state index is 5.86. The molecule has 0 atom stereocenters. The second kappa shape index (κ2) is 6.80. The molecule has 0 spiro atoms. The Labute approximate surface area is 116 Å². The molecule has 100 valence electrons. The van der Waals surface area contributed by atoms with Gasteiger partial charge in [-0.15, -0.1) is 11.3 Å². The molecule has 1 heterocycles. The third-order valence-electron chi connectivity index (χ3n) is 2.59. The minimum Gasteiger partial charge on any atom is -0.495 e. The van der Waals surface area contributed by atoms with Crippen LogP contribution < -0.4 is 15.8 Å². The summed E-state index contributed by atoms with van der Waals surface area (Å²) in [4.78, 5) is 5.62. The smallest absolute Gasteiger partial charge is 0.193 e. The average Bonchev–Trinajstić information content (AvgIpc) is 2.92. The van der Waals surface area contributed by atoms with E-state index in [0.29, 0.717) is 12.5 Å². The maximum absolute atomic E-state index is 5.86. The van der Waals surface area contributed by atoms with Crippen LogP contribution in [0, 0.1) is 0 Å². The second-order valence-corrected chi connectivity index (χ2v) is 4.95. The highest BCUT2D eigenvalue weighted by atomic mass is 32.1. The van der Waals surface area contributed by atoms with Gasteiger partial charge in [-0.1, -0.05) is 18.2 Å². The molecule has 0 aliphatic heterocycles. The Kier molecular flexibility index (Phi) is 4.80. The number of nitrogens with zero attached hydrogens (tertiary/aromatic N) is 1. The zero-order valence-corrected chi connectivity index (χ0v) is 11.6. The number of nitrogens with two attached hydrogens (primary N) is 1. The van der Waals surface area contributed by atoms with Crippen LogP contribution in [0.2, 0.25) is 0 Å². The Morgan fingerprint density at radius 1 is 1.32 bits per heavy atom. The molecule has 0 unspecified atom stereocenters. The molecule has 19 heavy (non-hydrogen) atoms. The van der Waals surface area contributed by atoms with Gasteiger partial charge in [0.25, 0.3) is 0 Å². The van der Waals surface area contributed by atoms with Crippen LogP contribution in [0.25, 0.3) is 0 Å². The average molecular weight is 275 g/mol. The summed E-state index contributed by atoms with van der Waals surface area (Å²) in [5.41, 5.74) is 6.68. The lowest BCUT2D eigenvalue weighted by Gasteiger charge is -2.09. The quantitative estimate of drug-likeness (QED) is 0.651. The number of aliphatic imine (C=N–C) groups is 1. The minimum atomic E-state index is 0.404. The van der Waals surface area contributed by atoms with Crippen molar-refractivity contribution in [3.8, 4) is 5.75 Å². The van der Waals surface area contributed by atoms with E-state index in [1.165, 1.54) is 4.88 Å². The van der Waals surface area contributed by atoms with Crippen LogP contribution in [0.1, 0.15) is 4.88 Å². The Morgan fingerprint density at radius 3 is 2.89 bits per heavy atom. The highest BCUT2D eigenvalue weighted by Gasteiger charge is 2.02. The highest BCUT2D eigenvalue weighted by molar-refractivity contribution is 7.09. The molecule has 1 aromatic carbocycles. The van der Waals surface area contributed by atoms with Crippen LogP contribution in [-0.4, -0.2) is 19.6 Å². The van der Waals surface area contributed by atoms with Gasteiger partial charge in [0, 0.05) is 17.8 Å². The van der Waals surface area contributed by atoms with Crippen LogP contribution >= 0.6 is 11.3 Å². The molecule has 3 N–H and O–H groups in total. The molecule has 5 heteroatoms. The number of thiophene rings is 1. The molecular formula is C14H17N3OS. The van der Waals surface area contributed by atoms with E-state index >= 15 is 0 Å². The third-order valence-corrected chi connectivity index (χ3v) is 3.53. The SMILES string of the molecule is COc1ccccc1NC(N)=NCCc1cccs1. The van der Waals surface area contributed by atoms with Crippen molar-refractivity contribution in [2.45, 2.75) is 6.42 Å². The first kappa shape index (κ1) is 13.4. The van der Waals surface area contributed by atoms with Crippen molar-refractivity contribution in [2.75, 3.05) is 19.0 Å². The van der Waals surface area contributed by atoms with E-state index in [-0.39, 0.29) is 0 Å². The van der Waals surface area contributed by atoms with Gasteiger partial charge in [-0.25, -0.2) is 0 Å². The Balaban J connectivity index is 1.91. The van der Waals surface area contributed by atoms with Gasteiger partial charge in [-0.3, -0.25) is 4.99 Å². The van der Waals surface area contributed by atoms with E-state index < -0.39 is 0 Å². The van der Waals surface area contributed by atoms with Crippen LogP contribution in [0.5, 0.6) is 5.75 Å². The fourth-order valence-corrected chi connectivity index (χ4v) is 2.36. The van der Waals surface area contributed by atoms with Crippen molar-refractivity contribution in [1.29, 1.82) is 0 Å². The van der Waals surface area contributed by atoms with Crippen LogP contribution in [0.15, 0.2) is 46.8 Å². The van der Waals surface area contributed by atoms with Gasteiger partial charge in [-0.2, -0.15) is 0 Å². The molecule has 2 aromatic rings. The predicted octanol–water partition coefficient (Wildman–Crippen LogP) is 2.73. The Bertz CT molecular complexity index is 537. The summed E-state index contributed by atoms with van der Waals surface area (Å²) < 4.78 is 5.24. The van der Waals surface area contributed by atoms with Crippen molar-refractivity contribution >= 4 is 23.0 Å². The number of nitrogens with one attached hydrogen (secondary N) is 1. The van der Waals surface area contributed by atoms with Gasteiger partial charge in [0.05, 0.1) is 12.8 Å². The Morgan fingerprint density at radius 2 is 2.16 bits per heavy atom. The third kappa shape index (κ3) is 3.99. The van der Waals surface area contributed by atoms with E-state index in [0.717, 1.165) is 17.9 Å². The number of ether oxygens (including phenoxy) is 1. The highest BCUT2D eigenvalue weighted by Crippen LogP contribution is 2.22. The summed E-state index contributed by atoms with van der Waals surface area (Å²) in [6.45, 7) is 0.675. The zero-order valence-electron chi connectivity index (χ0n) is 10.8. The fourth-order valence-electron chi connectivity index (χ4n) is 1.67. The fraction of sp³-hybridized carbons (Fsp3) is 0.214. The molecule has 0 bridgehead atoms. The van der Waals surface area contributed by atoms with E-state index in [2.05, 4.69) is 21.8 Å². The number of guanidine groups is 1. The molecule has 1 aromatic heterocycles. The maximum Gasteiger partial charge on any atom is 0.193 e. The predicted molar refractivity (Wildman–Crippen MR) is 81.1 cm³/mol. The number of methoxy groups -OCH3 is 1. The summed E-state index contributed by atoms with van der Waals surface area (Å²) >= 11 is 1.73. The van der Waals surface area contributed by atoms with E-state index in [1.54, 1.807) is 18.4 Å². The first-order valence-corrected chi connectivity index (χ1v) is 6.90. The topological polar surface area (TPSA) is 59.6 Å². The Hall–Kier alpha value is -2.01. The summed E-state index contributed by atoms with van der Waals surface area (Å²) in [6, 6.07) is 11.8. The number of hydrogen-bond acceptors (Lipinski definition) is 3. The van der Waals surface area contributed by atoms with Gasteiger partial charge in [0.1, 0.15) is 5.75 Å². The largest absolute Gasteiger partial charge is 0.495 e. The van der Waals surface area contributed by atoms with Crippen molar-refractivity contribution in [3.63, 3.8) is 0 Å². The number of rotatable bonds is 5. The molecular weight excluding hydrogens is 258 g/mol. The molecule has 2 rings (SSSR count). The first-order valence-electron chi connectivity index (χ1n) is 6.02. The monoisotopic (exact) mass is 275 g/mol. The minimum absolute atomic E-state index is 0.404. The molecule has 0 amide bonds. The van der Waals surface area contributed by atoms with Gasteiger partial charge >= 0.3 is 0 Å². The van der Waals surface area contributed by atoms with Gasteiger partial charge < -0.3 is 15.8 Å². The second-order valence-electron chi connectivity index (χ2n) is 3.92. The number of benzene rings is 1. The van der Waals surface area contributed by atoms with Gasteiger partial charge in [0.2, 0.25) is 0 Å². The van der Waals surface area contributed by atoms with Crippen LogP contribution in [0.4, 0.5) is 5.69 Å². The summed E-state index contributed by atoms with van der Waals surface area (Å²) in [7, 11) is 1.63. The number of para-hydroxylation sites is 2. The molecule has 4 nitrogen and oxygen atoms in total. The van der Waals surface area contributed by atoms with E-state index in [1.807, 2.05) is 30.3 Å². The summed E-state index contributed by atoms with van der Waals surface area (Å²) in [5, 5.41) is 5.11. The summed E-state index contributed by atoms with van der Waals surface area (Å²) in [5.74, 6) is 1.15. The molecule has 0 aliphatic carbocycles. The molecule has 0 saturated heterocycles. The van der Waals surface area contributed by atoms with Crippen molar-refractivity contribution in [1.82, 2.24) is 0 Å². The van der Waals surface area contributed by atoms with E-state index in [9.17, 15) is 0 Å². The van der Waals surface area contributed by atoms with Crippen LogP contribution in [-0.2, 0) is 6.42 Å².